The standard InChI is InChI=1S/C20H25F2N3S2/c1-4-25(5-2)17-10-6-15(7-11-17)14-24(3)20(26)23-16-8-12-18(13-9-16)27-19(21)22/h6-13,19H,4-5,14H2,1-3H3,(H,23,26). The summed E-state index contributed by atoms with van der Waals surface area (Å²) in [5.41, 5.74) is 3.16. The molecule has 1 N–H and O–H groups in total. The van der Waals surface area contributed by atoms with Crippen LogP contribution >= 0.6 is 24.0 Å². The van der Waals surface area contributed by atoms with Crippen LogP contribution in [0.25, 0.3) is 0 Å². The zero-order chi connectivity index (χ0) is 19.8. The van der Waals surface area contributed by atoms with Crippen LogP contribution in [0.2, 0.25) is 0 Å². The van der Waals surface area contributed by atoms with Gasteiger partial charge >= 0.3 is 0 Å². The summed E-state index contributed by atoms with van der Waals surface area (Å²) < 4.78 is 24.7. The molecule has 0 unspecified atom stereocenters. The quantitative estimate of drug-likeness (QED) is 0.445. The maximum atomic E-state index is 12.4. The van der Waals surface area contributed by atoms with E-state index in [9.17, 15) is 8.78 Å². The first-order chi connectivity index (χ1) is 12.9. The normalized spacial score (nSPS) is 10.7. The summed E-state index contributed by atoms with van der Waals surface area (Å²) in [6.07, 6.45) is 0. The first-order valence-corrected chi connectivity index (χ1v) is 10.1. The number of hydrogen-bond acceptors (Lipinski definition) is 3. The summed E-state index contributed by atoms with van der Waals surface area (Å²) in [6.45, 7) is 6.95. The second-order valence-electron chi connectivity index (χ2n) is 6.03. The Bertz CT molecular complexity index is 717. The Kier molecular flexibility index (Phi) is 8.31. The second kappa shape index (κ2) is 10.5. The molecular formula is C20H25F2N3S2. The van der Waals surface area contributed by atoms with Gasteiger partial charge in [0.2, 0.25) is 0 Å². The third kappa shape index (κ3) is 6.66. The largest absolute Gasteiger partial charge is 0.372 e. The first-order valence-electron chi connectivity index (χ1n) is 8.83. The highest BCUT2D eigenvalue weighted by Gasteiger charge is 2.08. The SMILES string of the molecule is CCN(CC)c1ccc(CN(C)C(=S)Nc2ccc(SC(F)F)cc2)cc1. The minimum Gasteiger partial charge on any atom is -0.372 e. The fourth-order valence-corrected chi connectivity index (χ4v) is 3.37. The van der Waals surface area contributed by atoms with E-state index in [1.54, 1.807) is 24.3 Å². The van der Waals surface area contributed by atoms with E-state index in [2.05, 4.69) is 48.3 Å². The van der Waals surface area contributed by atoms with Crippen molar-refractivity contribution in [2.45, 2.75) is 31.0 Å². The molecule has 0 radical (unpaired) electrons. The summed E-state index contributed by atoms with van der Waals surface area (Å²) in [7, 11) is 1.93. The number of halogens is 2. The average Bonchev–Trinajstić information content (AvgIpc) is 2.65. The molecule has 0 atom stereocenters. The molecule has 2 rings (SSSR count). The number of thioether (sulfide) groups is 1. The molecule has 0 saturated heterocycles. The van der Waals surface area contributed by atoms with Crippen LogP contribution in [0.3, 0.4) is 0 Å². The number of nitrogens with zero attached hydrogens (tertiary/aromatic N) is 2. The van der Waals surface area contributed by atoms with Crippen molar-refractivity contribution in [3.8, 4) is 0 Å². The molecule has 27 heavy (non-hydrogen) atoms. The van der Waals surface area contributed by atoms with Gasteiger partial charge in [-0.05, 0) is 68.0 Å². The van der Waals surface area contributed by atoms with Crippen LogP contribution in [-0.2, 0) is 6.54 Å². The molecule has 7 heteroatoms. The predicted molar refractivity (Wildman–Crippen MR) is 116 cm³/mol. The molecule has 0 fully saturated rings. The van der Waals surface area contributed by atoms with Crippen LogP contribution < -0.4 is 10.2 Å². The Hall–Kier alpha value is -1.86. The molecule has 0 amide bonds. The van der Waals surface area contributed by atoms with E-state index in [0.717, 1.165) is 18.8 Å². The number of thiocarbonyl (C=S) groups is 1. The van der Waals surface area contributed by atoms with Gasteiger partial charge in [-0.25, -0.2) is 0 Å². The summed E-state index contributed by atoms with van der Waals surface area (Å²) in [5.74, 6) is -2.41. The number of hydrogen-bond donors (Lipinski definition) is 1. The first kappa shape index (κ1) is 21.4. The van der Waals surface area contributed by atoms with Crippen LogP contribution in [0.4, 0.5) is 20.2 Å². The van der Waals surface area contributed by atoms with E-state index in [1.807, 2.05) is 11.9 Å². The van der Waals surface area contributed by atoms with Gasteiger partial charge in [0.25, 0.3) is 5.76 Å². The van der Waals surface area contributed by atoms with E-state index in [1.165, 1.54) is 11.3 Å². The maximum Gasteiger partial charge on any atom is 0.288 e. The second-order valence-corrected chi connectivity index (χ2v) is 7.48. The minimum absolute atomic E-state index is 0.531. The maximum absolute atomic E-state index is 12.4. The molecule has 2 aromatic carbocycles. The third-order valence-electron chi connectivity index (χ3n) is 4.16. The smallest absolute Gasteiger partial charge is 0.288 e. The molecule has 0 spiro atoms. The Morgan fingerprint density at radius 1 is 1.04 bits per heavy atom. The van der Waals surface area contributed by atoms with E-state index in [4.69, 9.17) is 12.2 Å². The summed E-state index contributed by atoms with van der Waals surface area (Å²) in [5, 5.41) is 3.72. The zero-order valence-electron chi connectivity index (χ0n) is 15.8. The minimum atomic E-state index is -2.41. The van der Waals surface area contributed by atoms with Crippen molar-refractivity contribution >= 4 is 40.5 Å². The predicted octanol–water partition coefficient (Wildman–Crippen LogP) is 5.68. The third-order valence-corrected chi connectivity index (χ3v) is 5.30. The highest BCUT2D eigenvalue weighted by molar-refractivity contribution is 7.99. The highest BCUT2D eigenvalue weighted by atomic mass is 32.2. The molecule has 0 saturated carbocycles. The van der Waals surface area contributed by atoms with Gasteiger partial charge in [0.15, 0.2) is 5.11 Å². The number of nitrogens with one attached hydrogen (secondary N) is 1. The molecule has 0 aliphatic rings. The Morgan fingerprint density at radius 3 is 2.15 bits per heavy atom. The summed E-state index contributed by atoms with van der Waals surface area (Å²) >= 11 is 5.98. The van der Waals surface area contributed by atoms with E-state index in [-0.39, 0.29) is 0 Å². The van der Waals surface area contributed by atoms with Gasteiger partial charge in [0, 0.05) is 43.0 Å². The Morgan fingerprint density at radius 2 is 1.63 bits per heavy atom. The van der Waals surface area contributed by atoms with Crippen LogP contribution in [-0.4, -0.2) is 35.9 Å². The van der Waals surface area contributed by atoms with Gasteiger partial charge < -0.3 is 15.1 Å². The lowest BCUT2D eigenvalue weighted by Gasteiger charge is -2.23. The van der Waals surface area contributed by atoms with Gasteiger partial charge in [0.05, 0.1) is 0 Å². The molecule has 0 bridgehead atoms. The topological polar surface area (TPSA) is 18.5 Å². The molecule has 0 aliphatic carbocycles. The van der Waals surface area contributed by atoms with Crippen LogP contribution in [0.15, 0.2) is 53.4 Å². The fraction of sp³-hybridized carbons (Fsp3) is 0.350. The van der Waals surface area contributed by atoms with Gasteiger partial charge in [0.1, 0.15) is 0 Å². The van der Waals surface area contributed by atoms with Gasteiger partial charge in [-0.15, -0.1) is 0 Å². The Labute approximate surface area is 169 Å². The number of benzene rings is 2. The molecule has 0 aliphatic heterocycles. The summed E-state index contributed by atoms with van der Waals surface area (Å²) in [4.78, 5) is 4.78. The van der Waals surface area contributed by atoms with Crippen molar-refractivity contribution in [1.82, 2.24) is 4.90 Å². The Balaban J connectivity index is 1.91. The lowest BCUT2D eigenvalue weighted by Crippen LogP contribution is -2.30. The van der Waals surface area contributed by atoms with Crippen LogP contribution in [0, 0.1) is 0 Å². The number of alkyl halides is 2. The lowest BCUT2D eigenvalue weighted by atomic mass is 10.2. The van der Waals surface area contributed by atoms with E-state index in [0.29, 0.717) is 28.3 Å². The molecule has 0 heterocycles. The average molecular weight is 410 g/mol. The van der Waals surface area contributed by atoms with Crippen molar-refractivity contribution in [1.29, 1.82) is 0 Å². The van der Waals surface area contributed by atoms with Crippen molar-refractivity contribution in [3.63, 3.8) is 0 Å². The van der Waals surface area contributed by atoms with Crippen molar-refractivity contribution in [2.75, 3.05) is 30.4 Å². The van der Waals surface area contributed by atoms with Crippen LogP contribution in [0.5, 0.6) is 0 Å². The van der Waals surface area contributed by atoms with E-state index < -0.39 is 5.76 Å². The highest BCUT2D eigenvalue weighted by Crippen LogP contribution is 2.26. The van der Waals surface area contributed by atoms with Crippen LogP contribution in [0.1, 0.15) is 19.4 Å². The number of anilines is 2. The zero-order valence-corrected chi connectivity index (χ0v) is 17.4. The van der Waals surface area contributed by atoms with Crippen molar-refractivity contribution < 1.29 is 8.78 Å². The molecule has 0 aromatic heterocycles. The molecular weight excluding hydrogens is 384 g/mol. The number of rotatable bonds is 8. The van der Waals surface area contributed by atoms with Gasteiger partial charge in [-0.3, -0.25) is 0 Å². The molecule has 2 aromatic rings. The molecule has 146 valence electrons. The monoisotopic (exact) mass is 409 g/mol. The fourth-order valence-electron chi connectivity index (χ4n) is 2.69. The molecule has 3 nitrogen and oxygen atoms in total. The van der Waals surface area contributed by atoms with Gasteiger partial charge in [-0.2, -0.15) is 8.78 Å². The van der Waals surface area contributed by atoms with Crippen molar-refractivity contribution in [3.05, 3.63) is 54.1 Å². The van der Waals surface area contributed by atoms with Crippen molar-refractivity contribution in [2.24, 2.45) is 0 Å². The summed E-state index contributed by atoms with van der Waals surface area (Å²) in [6, 6.07) is 15.3. The van der Waals surface area contributed by atoms with Gasteiger partial charge in [-0.1, -0.05) is 23.9 Å². The lowest BCUT2D eigenvalue weighted by molar-refractivity contribution is 0.252. The van der Waals surface area contributed by atoms with E-state index >= 15 is 0 Å².